The van der Waals surface area contributed by atoms with E-state index in [4.69, 9.17) is 0 Å². The molecule has 1 aliphatic heterocycles. The minimum atomic E-state index is 0.520. The minimum absolute atomic E-state index is 0.520. The van der Waals surface area contributed by atoms with E-state index in [-0.39, 0.29) is 0 Å². The molecule has 2 aromatic rings. The number of hydrogen-bond acceptors (Lipinski definition) is 1. The van der Waals surface area contributed by atoms with Gasteiger partial charge in [-0.2, -0.15) is 0 Å². The number of aromatic nitrogens is 1. The molecule has 0 fully saturated rings. The van der Waals surface area contributed by atoms with Crippen molar-refractivity contribution in [2.75, 3.05) is 6.54 Å². The number of nitrogens with zero attached hydrogens (tertiary/aromatic N) is 1. The highest BCUT2D eigenvalue weighted by Gasteiger charge is 2.26. The summed E-state index contributed by atoms with van der Waals surface area (Å²) < 4.78 is 2.39. The highest BCUT2D eigenvalue weighted by atomic mass is 15.0. The maximum atomic E-state index is 3.69. The molecule has 1 aromatic heterocycles. The van der Waals surface area contributed by atoms with Crippen LogP contribution in [0.1, 0.15) is 37.6 Å². The summed E-state index contributed by atoms with van der Waals surface area (Å²) in [5, 5.41) is 5.14. The molecule has 2 heterocycles. The third-order valence-corrected chi connectivity index (χ3v) is 4.06. The van der Waals surface area contributed by atoms with Crippen molar-refractivity contribution in [1.29, 1.82) is 0 Å². The summed E-state index contributed by atoms with van der Waals surface area (Å²) in [5.74, 6) is 0.728. The molecule has 0 saturated heterocycles. The Kier molecular flexibility index (Phi) is 2.90. The fourth-order valence-corrected chi connectivity index (χ4v) is 3.33. The van der Waals surface area contributed by atoms with Crippen LogP contribution < -0.4 is 5.32 Å². The summed E-state index contributed by atoms with van der Waals surface area (Å²) in [6.45, 7) is 5.72. The zero-order valence-electron chi connectivity index (χ0n) is 11.5. The van der Waals surface area contributed by atoms with E-state index >= 15 is 0 Å². The Labute approximate surface area is 109 Å². The Balaban J connectivity index is 2.16. The second-order valence-electron chi connectivity index (χ2n) is 5.83. The van der Waals surface area contributed by atoms with E-state index < -0.39 is 0 Å². The quantitative estimate of drug-likeness (QED) is 0.854. The monoisotopic (exact) mass is 242 g/mol. The van der Waals surface area contributed by atoms with Crippen molar-refractivity contribution in [3.05, 3.63) is 35.5 Å². The van der Waals surface area contributed by atoms with E-state index in [1.807, 2.05) is 0 Å². The van der Waals surface area contributed by atoms with Gasteiger partial charge in [0.15, 0.2) is 0 Å². The van der Waals surface area contributed by atoms with Crippen molar-refractivity contribution in [3.8, 4) is 0 Å². The average molecular weight is 242 g/mol. The number of aryl methyl sites for hydroxylation is 1. The van der Waals surface area contributed by atoms with Crippen LogP contribution >= 0.6 is 0 Å². The third kappa shape index (κ3) is 1.76. The molecule has 0 saturated carbocycles. The second-order valence-corrected chi connectivity index (χ2v) is 5.83. The average Bonchev–Trinajstić information content (AvgIpc) is 2.65. The number of fused-ring (bicyclic) bond motifs is 3. The van der Waals surface area contributed by atoms with Gasteiger partial charge in [-0.15, -0.1) is 0 Å². The third-order valence-electron chi connectivity index (χ3n) is 4.06. The van der Waals surface area contributed by atoms with Crippen LogP contribution in [0.4, 0.5) is 0 Å². The Hall–Kier alpha value is -1.28. The lowest BCUT2D eigenvalue weighted by Gasteiger charge is -2.27. The smallest absolute Gasteiger partial charge is 0.0483 e. The Bertz CT molecular complexity index is 566. The van der Waals surface area contributed by atoms with Crippen molar-refractivity contribution in [3.63, 3.8) is 0 Å². The van der Waals surface area contributed by atoms with Gasteiger partial charge >= 0.3 is 0 Å². The number of benzene rings is 1. The summed E-state index contributed by atoms with van der Waals surface area (Å²) in [6.07, 6.45) is 2.38. The van der Waals surface area contributed by atoms with E-state index in [1.54, 1.807) is 5.56 Å². The predicted octanol–water partition coefficient (Wildman–Crippen LogP) is 3.41. The lowest BCUT2D eigenvalue weighted by Crippen LogP contribution is -2.31. The van der Waals surface area contributed by atoms with Crippen molar-refractivity contribution < 1.29 is 0 Å². The first-order valence-electron chi connectivity index (χ1n) is 6.98. The molecule has 0 radical (unpaired) electrons. The van der Waals surface area contributed by atoms with Crippen molar-refractivity contribution in [2.24, 2.45) is 13.0 Å². The summed E-state index contributed by atoms with van der Waals surface area (Å²) in [5.41, 5.74) is 4.45. The van der Waals surface area contributed by atoms with Gasteiger partial charge in [-0.3, -0.25) is 0 Å². The maximum Gasteiger partial charge on any atom is 0.0483 e. The SMILES string of the molecule is CC(C)CC1NCCc2c1n(C)c1ccccc21. The molecule has 0 spiro atoms. The van der Waals surface area contributed by atoms with Crippen LogP contribution in [-0.2, 0) is 13.5 Å². The molecular formula is C16H22N2. The molecule has 0 bridgehead atoms. The number of nitrogens with one attached hydrogen (secondary N) is 1. The van der Waals surface area contributed by atoms with E-state index in [2.05, 4.69) is 55.0 Å². The summed E-state index contributed by atoms with van der Waals surface area (Å²) in [4.78, 5) is 0. The van der Waals surface area contributed by atoms with Crippen LogP contribution in [0.15, 0.2) is 24.3 Å². The molecule has 18 heavy (non-hydrogen) atoms. The lowest BCUT2D eigenvalue weighted by atomic mass is 9.93. The van der Waals surface area contributed by atoms with Gasteiger partial charge in [0.1, 0.15) is 0 Å². The molecule has 1 N–H and O–H groups in total. The van der Waals surface area contributed by atoms with Gasteiger partial charge in [0.05, 0.1) is 0 Å². The fraction of sp³-hybridized carbons (Fsp3) is 0.500. The van der Waals surface area contributed by atoms with E-state index in [0.717, 1.165) is 18.9 Å². The normalized spacial score (nSPS) is 19.4. The van der Waals surface area contributed by atoms with Crippen LogP contribution in [-0.4, -0.2) is 11.1 Å². The second kappa shape index (κ2) is 4.43. The molecule has 96 valence electrons. The zero-order chi connectivity index (χ0) is 12.7. The summed E-state index contributed by atoms with van der Waals surface area (Å²) in [6, 6.07) is 9.32. The van der Waals surface area contributed by atoms with Gasteiger partial charge in [0.25, 0.3) is 0 Å². The van der Waals surface area contributed by atoms with Gasteiger partial charge in [-0.05, 0) is 36.9 Å². The molecular weight excluding hydrogens is 220 g/mol. The van der Waals surface area contributed by atoms with E-state index in [1.165, 1.54) is 23.0 Å². The first kappa shape index (κ1) is 11.8. The van der Waals surface area contributed by atoms with Gasteiger partial charge in [-0.1, -0.05) is 32.0 Å². The topological polar surface area (TPSA) is 17.0 Å². The highest BCUT2D eigenvalue weighted by molar-refractivity contribution is 5.86. The first-order chi connectivity index (χ1) is 8.68. The predicted molar refractivity (Wildman–Crippen MR) is 76.8 cm³/mol. The Morgan fingerprint density at radius 1 is 1.33 bits per heavy atom. The molecule has 0 aliphatic carbocycles. The molecule has 1 aromatic carbocycles. The fourth-order valence-electron chi connectivity index (χ4n) is 3.33. The number of para-hydroxylation sites is 1. The molecule has 3 rings (SSSR count). The van der Waals surface area contributed by atoms with Crippen molar-refractivity contribution in [1.82, 2.24) is 9.88 Å². The van der Waals surface area contributed by atoms with Crippen LogP contribution in [0.3, 0.4) is 0 Å². The molecule has 2 nitrogen and oxygen atoms in total. The lowest BCUT2D eigenvalue weighted by molar-refractivity contribution is 0.400. The highest BCUT2D eigenvalue weighted by Crippen LogP contribution is 2.34. The summed E-state index contributed by atoms with van der Waals surface area (Å²) in [7, 11) is 2.21. The van der Waals surface area contributed by atoms with Gasteiger partial charge in [0.2, 0.25) is 0 Å². The van der Waals surface area contributed by atoms with Crippen LogP contribution in [0.2, 0.25) is 0 Å². The maximum absolute atomic E-state index is 3.69. The molecule has 1 unspecified atom stereocenters. The molecule has 1 aliphatic rings. The number of rotatable bonds is 2. The molecule has 1 atom stereocenters. The van der Waals surface area contributed by atoms with Crippen molar-refractivity contribution >= 4 is 10.9 Å². The zero-order valence-corrected chi connectivity index (χ0v) is 11.5. The van der Waals surface area contributed by atoms with Crippen molar-refractivity contribution in [2.45, 2.75) is 32.7 Å². The summed E-state index contributed by atoms with van der Waals surface area (Å²) >= 11 is 0. The molecule has 2 heteroatoms. The number of hydrogen-bond donors (Lipinski definition) is 1. The molecule has 0 amide bonds. The minimum Gasteiger partial charge on any atom is -0.346 e. The largest absolute Gasteiger partial charge is 0.346 e. The Morgan fingerprint density at radius 3 is 2.89 bits per heavy atom. The van der Waals surface area contributed by atoms with Crippen LogP contribution in [0.25, 0.3) is 10.9 Å². The van der Waals surface area contributed by atoms with Gasteiger partial charge in [0, 0.05) is 29.7 Å². The van der Waals surface area contributed by atoms with Gasteiger partial charge in [-0.25, -0.2) is 0 Å². The van der Waals surface area contributed by atoms with E-state index in [0.29, 0.717) is 6.04 Å². The van der Waals surface area contributed by atoms with E-state index in [9.17, 15) is 0 Å². The van der Waals surface area contributed by atoms with Gasteiger partial charge < -0.3 is 9.88 Å². The standard InChI is InChI=1S/C16H22N2/c1-11(2)10-14-16-13(8-9-17-14)12-6-4-5-7-15(12)18(16)3/h4-7,11,14,17H,8-10H2,1-3H3. The Morgan fingerprint density at radius 2 is 2.11 bits per heavy atom. The van der Waals surface area contributed by atoms with Crippen LogP contribution in [0, 0.1) is 5.92 Å². The van der Waals surface area contributed by atoms with Crippen LogP contribution in [0.5, 0.6) is 0 Å². The first-order valence-corrected chi connectivity index (χ1v) is 6.98.